The van der Waals surface area contributed by atoms with Crippen molar-refractivity contribution < 1.29 is 4.79 Å². The van der Waals surface area contributed by atoms with Gasteiger partial charge in [0.1, 0.15) is 0 Å². The van der Waals surface area contributed by atoms with Crippen LogP contribution >= 0.6 is 15.9 Å². The molecule has 0 saturated heterocycles. The first-order valence-electron chi connectivity index (χ1n) is 8.09. The number of hydrogen-bond donors (Lipinski definition) is 1. The van der Waals surface area contributed by atoms with E-state index in [0.29, 0.717) is 0 Å². The maximum Gasteiger partial charge on any atom is 0.227 e. The molecule has 0 aromatic heterocycles. The molecule has 2 rings (SSSR count). The van der Waals surface area contributed by atoms with Crippen LogP contribution in [-0.2, 0) is 4.79 Å². The molecular formula is C18H26BrNO. The van der Waals surface area contributed by atoms with Gasteiger partial charge < -0.3 is 5.32 Å². The standard InChI is InChI=1S/C18H26BrNO/c1-2-16(15-9-5-3-6-10-15)17(21)20-14-18(13-19)11-7-4-8-12-18/h3,5-6,9-10,16H,2,4,7-8,11-14H2,1H3,(H,20,21). The van der Waals surface area contributed by atoms with Crippen molar-refractivity contribution in [3.63, 3.8) is 0 Å². The average Bonchev–Trinajstić information content (AvgIpc) is 2.55. The minimum Gasteiger partial charge on any atom is -0.355 e. The molecule has 1 amide bonds. The van der Waals surface area contributed by atoms with E-state index in [0.717, 1.165) is 23.9 Å². The minimum atomic E-state index is -0.0258. The molecule has 0 bridgehead atoms. The lowest BCUT2D eigenvalue weighted by Crippen LogP contribution is -2.41. The number of nitrogens with one attached hydrogen (secondary N) is 1. The SMILES string of the molecule is CCC(C(=O)NCC1(CBr)CCCCC1)c1ccccc1. The first kappa shape index (κ1) is 16.5. The van der Waals surface area contributed by atoms with Crippen LogP contribution in [0.4, 0.5) is 0 Å². The Hall–Kier alpha value is -0.830. The summed E-state index contributed by atoms with van der Waals surface area (Å²) in [6.45, 7) is 2.89. The van der Waals surface area contributed by atoms with Crippen LogP contribution in [0.1, 0.15) is 56.9 Å². The molecule has 1 fully saturated rings. The molecule has 1 saturated carbocycles. The highest BCUT2D eigenvalue weighted by molar-refractivity contribution is 9.09. The van der Waals surface area contributed by atoms with Gasteiger partial charge in [-0.2, -0.15) is 0 Å². The number of benzene rings is 1. The second-order valence-corrected chi connectivity index (χ2v) is 6.84. The van der Waals surface area contributed by atoms with Gasteiger partial charge in [0.2, 0.25) is 5.91 Å². The van der Waals surface area contributed by atoms with Crippen molar-refractivity contribution in [2.24, 2.45) is 5.41 Å². The smallest absolute Gasteiger partial charge is 0.227 e. The van der Waals surface area contributed by atoms with Gasteiger partial charge in [-0.25, -0.2) is 0 Å². The lowest BCUT2D eigenvalue weighted by molar-refractivity contribution is -0.123. The summed E-state index contributed by atoms with van der Waals surface area (Å²) in [5.74, 6) is 0.150. The van der Waals surface area contributed by atoms with Gasteiger partial charge in [0.15, 0.2) is 0 Å². The molecule has 21 heavy (non-hydrogen) atoms. The molecule has 2 nitrogen and oxygen atoms in total. The molecule has 1 atom stereocenters. The van der Waals surface area contributed by atoms with Crippen LogP contribution in [0.3, 0.4) is 0 Å². The zero-order valence-electron chi connectivity index (χ0n) is 12.9. The molecule has 0 aliphatic heterocycles. The van der Waals surface area contributed by atoms with E-state index in [-0.39, 0.29) is 17.2 Å². The maximum atomic E-state index is 12.5. The summed E-state index contributed by atoms with van der Waals surface area (Å²) in [5, 5.41) is 4.21. The van der Waals surface area contributed by atoms with Gasteiger partial charge in [0, 0.05) is 11.9 Å². The van der Waals surface area contributed by atoms with Gasteiger partial charge >= 0.3 is 0 Å². The Morgan fingerprint density at radius 3 is 2.48 bits per heavy atom. The van der Waals surface area contributed by atoms with E-state index in [9.17, 15) is 4.79 Å². The number of amides is 1. The molecule has 0 heterocycles. The molecule has 3 heteroatoms. The fraction of sp³-hybridized carbons (Fsp3) is 0.611. The largest absolute Gasteiger partial charge is 0.355 e. The van der Waals surface area contributed by atoms with Gasteiger partial charge in [-0.3, -0.25) is 4.79 Å². The third-order valence-corrected chi connectivity index (χ3v) is 5.95. The third-order valence-electron chi connectivity index (χ3n) is 4.76. The van der Waals surface area contributed by atoms with Crippen LogP contribution in [0, 0.1) is 5.41 Å². The number of alkyl halides is 1. The topological polar surface area (TPSA) is 29.1 Å². The van der Waals surface area contributed by atoms with E-state index in [1.165, 1.54) is 32.1 Å². The molecule has 1 aromatic rings. The summed E-state index contributed by atoms with van der Waals surface area (Å²) >= 11 is 3.67. The maximum absolute atomic E-state index is 12.5. The Bertz CT molecular complexity index is 440. The van der Waals surface area contributed by atoms with E-state index in [1.807, 2.05) is 18.2 Å². The first-order chi connectivity index (χ1) is 10.2. The number of carbonyl (C=O) groups is 1. The fourth-order valence-electron chi connectivity index (χ4n) is 3.32. The summed E-state index contributed by atoms with van der Waals surface area (Å²) < 4.78 is 0. The zero-order valence-corrected chi connectivity index (χ0v) is 14.5. The number of rotatable bonds is 6. The summed E-state index contributed by atoms with van der Waals surface area (Å²) in [6.07, 6.45) is 7.21. The molecule has 1 unspecified atom stereocenters. The lowest BCUT2D eigenvalue weighted by atomic mass is 9.75. The Morgan fingerprint density at radius 1 is 1.24 bits per heavy atom. The summed E-state index contributed by atoms with van der Waals surface area (Å²) in [6, 6.07) is 10.1. The van der Waals surface area contributed by atoms with Crippen LogP contribution in [0.5, 0.6) is 0 Å². The number of carbonyl (C=O) groups excluding carboxylic acids is 1. The second kappa shape index (κ2) is 7.98. The molecule has 1 aliphatic carbocycles. The Labute approximate surface area is 136 Å². The van der Waals surface area contributed by atoms with Crippen molar-refractivity contribution in [2.75, 3.05) is 11.9 Å². The minimum absolute atomic E-state index is 0.0258. The van der Waals surface area contributed by atoms with Crippen LogP contribution in [0.15, 0.2) is 30.3 Å². The highest BCUT2D eigenvalue weighted by Crippen LogP contribution is 2.37. The van der Waals surface area contributed by atoms with Gasteiger partial charge in [-0.05, 0) is 30.2 Å². The van der Waals surface area contributed by atoms with Crippen LogP contribution in [-0.4, -0.2) is 17.8 Å². The van der Waals surface area contributed by atoms with E-state index in [4.69, 9.17) is 0 Å². The fourth-order valence-corrected chi connectivity index (χ4v) is 4.07. The molecule has 0 radical (unpaired) electrons. The number of halogens is 1. The summed E-state index contributed by atoms with van der Waals surface area (Å²) in [5.41, 5.74) is 1.39. The Morgan fingerprint density at radius 2 is 1.90 bits per heavy atom. The van der Waals surface area contributed by atoms with Gasteiger partial charge in [0.25, 0.3) is 0 Å². The molecule has 0 spiro atoms. The molecule has 1 aromatic carbocycles. The van der Waals surface area contributed by atoms with E-state index in [2.05, 4.69) is 40.3 Å². The zero-order chi connectivity index (χ0) is 15.1. The van der Waals surface area contributed by atoms with Gasteiger partial charge in [-0.1, -0.05) is 72.4 Å². The second-order valence-electron chi connectivity index (χ2n) is 6.28. The van der Waals surface area contributed by atoms with Crippen LogP contribution in [0.25, 0.3) is 0 Å². The highest BCUT2D eigenvalue weighted by Gasteiger charge is 2.32. The van der Waals surface area contributed by atoms with Gasteiger partial charge in [-0.15, -0.1) is 0 Å². The van der Waals surface area contributed by atoms with Crippen molar-refractivity contribution in [2.45, 2.75) is 51.4 Å². The molecule has 1 aliphatic rings. The Kier molecular flexibility index (Phi) is 6.28. The van der Waals surface area contributed by atoms with E-state index < -0.39 is 0 Å². The summed E-state index contributed by atoms with van der Waals surface area (Å²) in [4.78, 5) is 12.5. The normalized spacial score (nSPS) is 19.0. The Balaban J connectivity index is 1.96. The predicted molar refractivity (Wildman–Crippen MR) is 91.8 cm³/mol. The van der Waals surface area contributed by atoms with Crippen molar-refractivity contribution in [3.8, 4) is 0 Å². The third kappa shape index (κ3) is 4.32. The quantitative estimate of drug-likeness (QED) is 0.743. The van der Waals surface area contributed by atoms with Gasteiger partial charge in [0.05, 0.1) is 5.92 Å². The van der Waals surface area contributed by atoms with Crippen LogP contribution in [0.2, 0.25) is 0 Å². The molecule has 1 N–H and O–H groups in total. The van der Waals surface area contributed by atoms with Crippen molar-refractivity contribution in [3.05, 3.63) is 35.9 Å². The van der Waals surface area contributed by atoms with Crippen molar-refractivity contribution in [1.29, 1.82) is 0 Å². The first-order valence-corrected chi connectivity index (χ1v) is 9.21. The van der Waals surface area contributed by atoms with E-state index in [1.54, 1.807) is 0 Å². The van der Waals surface area contributed by atoms with Crippen LogP contribution < -0.4 is 5.32 Å². The van der Waals surface area contributed by atoms with Crippen molar-refractivity contribution in [1.82, 2.24) is 5.32 Å². The number of hydrogen-bond acceptors (Lipinski definition) is 1. The monoisotopic (exact) mass is 351 g/mol. The lowest BCUT2D eigenvalue weighted by Gasteiger charge is -2.36. The van der Waals surface area contributed by atoms with Crippen molar-refractivity contribution >= 4 is 21.8 Å². The average molecular weight is 352 g/mol. The predicted octanol–water partition coefficient (Wildman–Crippen LogP) is 4.64. The van der Waals surface area contributed by atoms with E-state index >= 15 is 0 Å². The molecular weight excluding hydrogens is 326 g/mol. The summed E-state index contributed by atoms with van der Waals surface area (Å²) in [7, 11) is 0. The molecule has 116 valence electrons. The highest BCUT2D eigenvalue weighted by atomic mass is 79.9.